The lowest BCUT2D eigenvalue weighted by molar-refractivity contribution is -0.139. The molecular formula is C23H17Br2ClN2O4S. The number of ether oxygens (including phenoxy) is 1. The number of phenolic OH excluding ortho intramolecular Hbond substituents is 1. The van der Waals surface area contributed by atoms with E-state index < -0.39 is 12.0 Å². The molecule has 0 saturated heterocycles. The Labute approximate surface area is 214 Å². The molecule has 0 amide bonds. The number of allylic oxidation sites excluding steroid dienone is 1. The average Bonchev–Trinajstić information content (AvgIpc) is 3.06. The molecule has 1 atom stereocenters. The molecular weight excluding hydrogens is 596 g/mol. The number of fused-ring (bicyclic) bond motifs is 1. The van der Waals surface area contributed by atoms with Crippen molar-refractivity contribution in [1.82, 2.24) is 4.57 Å². The normalized spacial score (nSPS) is 15.9. The summed E-state index contributed by atoms with van der Waals surface area (Å²) in [5, 5.41) is 10.5. The molecule has 1 unspecified atom stereocenters. The third-order valence-electron chi connectivity index (χ3n) is 5.04. The molecule has 0 aliphatic carbocycles. The monoisotopic (exact) mass is 610 g/mol. The number of hydrogen-bond donors (Lipinski definition) is 1. The van der Waals surface area contributed by atoms with Crippen molar-refractivity contribution in [2.24, 2.45) is 4.99 Å². The van der Waals surface area contributed by atoms with E-state index in [4.69, 9.17) is 16.3 Å². The maximum absolute atomic E-state index is 13.5. The average molecular weight is 613 g/mol. The molecule has 3 aromatic rings. The van der Waals surface area contributed by atoms with E-state index in [1.54, 1.807) is 56.3 Å². The van der Waals surface area contributed by atoms with Gasteiger partial charge in [0.1, 0.15) is 5.75 Å². The van der Waals surface area contributed by atoms with Gasteiger partial charge in [-0.05, 0) is 87.2 Å². The highest BCUT2D eigenvalue weighted by atomic mass is 79.9. The topological polar surface area (TPSA) is 80.9 Å². The molecule has 0 radical (unpaired) electrons. The molecule has 0 fully saturated rings. The Morgan fingerprint density at radius 2 is 1.91 bits per heavy atom. The van der Waals surface area contributed by atoms with Crippen LogP contribution < -0.4 is 14.9 Å². The Kier molecular flexibility index (Phi) is 6.95. The number of hydrogen-bond acceptors (Lipinski definition) is 6. The van der Waals surface area contributed by atoms with Crippen molar-refractivity contribution >= 4 is 66.8 Å². The molecule has 0 saturated carbocycles. The third-order valence-corrected chi connectivity index (χ3v) is 7.48. The summed E-state index contributed by atoms with van der Waals surface area (Å²) >= 11 is 13.9. The van der Waals surface area contributed by atoms with Crippen LogP contribution in [0, 0.1) is 0 Å². The number of rotatable bonds is 4. The predicted molar refractivity (Wildman–Crippen MR) is 135 cm³/mol. The minimum atomic E-state index is -0.696. The van der Waals surface area contributed by atoms with Crippen molar-refractivity contribution in [2.75, 3.05) is 6.61 Å². The van der Waals surface area contributed by atoms with E-state index in [0.717, 1.165) is 5.56 Å². The first-order valence-electron chi connectivity index (χ1n) is 9.84. The quantitative estimate of drug-likeness (QED) is 0.434. The summed E-state index contributed by atoms with van der Waals surface area (Å²) in [4.78, 5) is 31.4. The van der Waals surface area contributed by atoms with Crippen molar-refractivity contribution < 1.29 is 14.6 Å². The second kappa shape index (κ2) is 9.58. The molecule has 6 nitrogen and oxygen atoms in total. The van der Waals surface area contributed by atoms with Gasteiger partial charge >= 0.3 is 5.97 Å². The second-order valence-corrected chi connectivity index (χ2v) is 10.3. The molecule has 1 N–H and O–H groups in total. The van der Waals surface area contributed by atoms with Crippen molar-refractivity contribution in [3.8, 4) is 5.75 Å². The van der Waals surface area contributed by atoms with Gasteiger partial charge in [0.25, 0.3) is 5.56 Å². The lowest BCUT2D eigenvalue weighted by atomic mass is 9.96. The number of phenols is 1. The summed E-state index contributed by atoms with van der Waals surface area (Å²) in [6.07, 6.45) is 1.72. The van der Waals surface area contributed by atoms with E-state index in [1.807, 2.05) is 0 Å². The van der Waals surface area contributed by atoms with Crippen LogP contribution in [0.5, 0.6) is 5.75 Å². The highest BCUT2D eigenvalue weighted by Gasteiger charge is 2.33. The van der Waals surface area contributed by atoms with Gasteiger partial charge < -0.3 is 9.84 Å². The molecule has 2 heterocycles. The summed E-state index contributed by atoms with van der Waals surface area (Å²) < 4.78 is 8.23. The Balaban J connectivity index is 1.96. The Morgan fingerprint density at radius 3 is 2.52 bits per heavy atom. The third kappa shape index (κ3) is 4.59. The van der Waals surface area contributed by atoms with E-state index >= 15 is 0 Å². The Morgan fingerprint density at radius 1 is 1.27 bits per heavy atom. The van der Waals surface area contributed by atoms with Gasteiger partial charge in [0.15, 0.2) is 4.80 Å². The molecule has 170 valence electrons. The van der Waals surface area contributed by atoms with Gasteiger partial charge in [-0.2, -0.15) is 0 Å². The number of halogens is 3. The predicted octanol–water partition coefficient (Wildman–Crippen LogP) is 4.68. The minimum Gasteiger partial charge on any atom is -0.506 e. The summed E-state index contributed by atoms with van der Waals surface area (Å²) in [7, 11) is 0. The summed E-state index contributed by atoms with van der Waals surface area (Å²) in [5.74, 6) is -0.439. The summed E-state index contributed by atoms with van der Waals surface area (Å²) in [6, 6.07) is 9.74. The van der Waals surface area contributed by atoms with Crippen LogP contribution in [0.2, 0.25) is 5.02 Å². The molecule has 1 aromatic heterocycles. The fourth-order valence-electron chi connectivity index (χ4n) is 3.57. The number of carbonyl (C=O) groups is 1. The van der Waals surface area contributed by atoms with Gasteiger partial charge in [-0.3, -0.25) is 9.36 Å². The number of nitrogens with zero attached hydrogens (tertiary/aromatic N) is 2. The molecule has 0 spiro atoms. The van der Waals surface area contributed by atoms with Crippen LogP contribution >= 0.6 is 54.8 Å². The number of thiazole rings is 1. The zero-order valence-electron chi connectivity index (χ0n) is 17.4. The lowest BCUT2D eigenvalue weighted by Gasteiger charge is -2.24. The summed E-state index contributed by atoms with van der Waals surface area (Å²) in [6.45, 7) is 3.67. The van der Waals surface area contributed by atoms with Gasteiger partial charge in [0, 0.05) is 5.02 Å². The van der Waals surface area contributed by atoms with Gasteiger partial charge in [-0.15, -0.1) is 0 Å². The van der Waals surface area contributed by atoms with E-state index in [2.05, 4.69) is 36.9 Å². The number of aromatic nitrogens is 1. The zero-order chi connectivity index (χ0) is 23.9. The number of carbonyl (C=O) groups excluding carboxylic acids is 1. The number of esters is 1. The maximum Gasteiger partial charge on any atom is 0.338 e. The fourth-order valence-corrected chi connectivity index (χ4v) is 5.97. The van der Waals surface area contributed by atoms with Crippen LogP contribution in [-0.2, 0) is 9.53 Å². The second-order valence-electron chi connectivity index (χ2n) is 7.19. The van der Waals surface area contributed by atoms with Gasteiger partial charge in [-0.25, -0.2) is 9.79 Å². The van der Waals surface area contributed by atoms with Gasteiger partial charge in [-0.1, -0.05) is 35.1 Å². The highest BCUT2D eigenvalue weighted by Crippen LogP contribution is 2.34. The van der Waals surface area contributed by atoms with Crippen LogP contribution in [0.1, 0.15) is 31.0 Å². The standard InChI is InChI=1S/C23H17Br2ClN2O4S/c1-3-32-22(31)18-11(2)27-23-28(19(18)13-4-6-14(26)7-5-13)21(30)17(33-23)10-12-8-15(24)20(29)16(25)9-12/h4-10,19,29H,3H2,1-2H3/b17-10+. The maximum atomic E-state index is 13.5. The van der Waals surface area contributed by atoms with Crippen molar-refractivity contribution in [1.29, 1.82) is 0 Å². The largest absolute Gasteiger partial charge is 0.506 e. The Bertz CT molecular complexity index is 1450. The molecule has 0 bridgehead atoms. The zero-order valence-corrected chi connectivity index (χ0v) is 22.2. The van der Waals surface area contributed by atoms with Crippen LogP contribution in [-0.4, -0.2) is 22.2 Å². The van der Waals surface area contributed by atoms with Crippen molar-refractivity contribution in [3.05, 3.63) is 92.5 Å². The first kappa shape index (κ1) is 23.9. The minimum absolute atomic E-state index is 0.0750. The SMILES string of the molecule is CCOC(=O)C1=C(C)N=c2s/c(=C/c3cc(Br)c(O)c(Br)c3)c(=O)n2C1c1ccc(Cl)cc1. The fraction of sp³-hybridized carbons (Fsp3) is 0.174. The van der Waals surface area contributed by atoms with Crippen LogP contribution in [0.15, 0.2) is 66.4 Å². The first-order chi connectivity index (χ1) is 15.7. The highest BCUT2D eigenvalue weighted by molar-refractivity contribution is 9.11. The smallest absolute Gasteiger partial charge is 0.338 e. The molecule has 2 aromatic carbocycles. The van der Waals surface area contributed by atoms with E-state index in [1.165, 1.54) is 15.9 Å². The number of benzene rings is 2. The summed E-state index contributed by atoms with van der Waals surface area (Å²) in [5.41, 5.74) is 1.96. The van der Waals surface area contributed by atoms with Crippen LogP contribution in [0.25, 0.3) is 6.08 Å². The first-order valence-corrected chi connectivity index (χ1v) is 12.6. The van der Waals surface area contributed by atoms with Gasteiger partial charge in [0.2, 0.25) is 0 Å². The van der Waals surface area contributed by atoms with E-state index in [0.29, 0.717) is 40.1 Å². The molecule has 1 aliphatic rings. The van der Waals surface area contributed by atoms with Crippen LogP contribution in [0.3, 0.4) is 0 Å². The molecule has 4 rings (SSSR count). The van der Waals surface area contributed by atoms with E-state index in [-0.39, 0.29) is 17.9 Å². The molecule has 33 heavy (non-hydrogen) atoms. The Hall–Kier alpha value is -2.20. The number of aromatic hydroxyl groups is 1. The lowest BCUT2D eigenvalue weighted by Crippen LogP contribution is -2.39. The van der Waals surface area contributed by atoms with Gasteiger partial charge in [0.05, 0.1) is 37.4 Å². The van der Waals surface area contributed by atoms with Crippen molar-refractivity contribution in [2.45, 2.75) is 19.9 Å². The molecule has 10 heteroatoms. The van der Waals surface area contributed by atoms with Crippen molar-refractivity contribution in [3.63, 3.8) is 0 Å². The van der Waals surface area contributed by atoms with E-state index in [9.17, 15) is 14.7 Å². The van der Waals surface area contributed by atoms with Crippen LogP contribution in [0.4, 0.5) is 0 Å². The molecule has 1 aliphatic heterocycles.